The van der Waals surface area contributed by atoms with E-state index in [0.29, 0.717) is 26.2 Å². The van der Waals surface area contributed by atoms with Crippen molar-refractivity contribution in [2.75, 3.05) is 19.8 Å². The fourth-order valence-corrected chi connectivity index (χ4v) is 5.57. The molecule has 1 aliphatic carbocycles. The summed E-state index contributed by atoms with van der Waals surface area (Å²) in [6.45, 7) is 6.03. The number of hydrogen-bond donors (Lipinski definition) is 1. The van der Waals surface area contributed by atoms with Crippen LogP contribution >= 0.6 is 0 Å². The number of carbonyl (C=O) groups is 2. The lowest BCUT2D eigenvalue weighted by Gasteiger charge is -2.42. The second-order valence-corrected chi connectivity index (χ2v) is 8.42. The third-order valence-electron chi connectivity index (χ3n) is 7.15. The predicted molar refractivity (Wildman–Crippen MR) is 103 cm³/mol. The summed E-state index contributed by atoms with van der Waals surface area (Å²) in [4.78, 5) is 27.4. The van der Waals surface area contributed by atoms with Gasteiger partial charge in [0.1, 0.15) is 0 Å². The Morgan fingerprint density at radius 2 is 2.11 bits per heavy atom. The summed E-state index contributed by atoms with van der Waals surface area (Å²) in [7, 11) is 0. The fourth-order valence-electron chi connectivity index (χ4n) is 5.57. The molecule has 5 unspecified atom stereocenters. The summed E-state index contributed by atoms with van der Waals surface area (Å²) >= 11 is 0. The highest BCUT2D eigenvalue weighted by atomic mass is 16.5. The Hall–Kier alpha value is -1.92. The number of aliphatic carboxylic acids is 1. The summed E-state index contributed by atoms with van der Waals surface area (Å²) in [5, 5.41) is 9.98. The summed E-state index contributed by atoms with van der Waals surface area (Å²) < 4.78 is 11.8. The Morgan fingerprint density at radius 1 is 1.36 bits per heavy atom. The van der Waals surface area contributed by atoms with E-state index in [9.17, 15) is 14.7 Å². The van der Waals surface area contributed by atoms with Crippen LogP contribution in [0.15, 0.2) is 30.3 Å². The molecule has 1 saturated carbocycles. The molecule has 1 amide bonds. The molecule has 0 radical (unpaired) electrons. The van der Waals surface area contributed by atoms with Crippen molar-refractivity contribution in [2.45, 2.75) is 51.3 Å². The van der Waals surface area contributed by atoms with Crippen molar-refractivity contribution in [1.29, 1.82) is 0 Å². The van der Waals surface area contributed by atoms with E-state index in [1.807, 2.05) is 44.2 Å². The average Bonchev–Trinajstić information content (AvgIpc) is 3.28. The van der Waals surface area contributed by atoms with Gasteiger partial charge in [0.15, 0.2) is 5.41 Å². The normalized spacial score (nSPS) is 37.0. The highest BCUT2D eigenvalue weighted by molar-refractivity contribution is 6.09. The van der Waals surface area contributed by atoms with Crippen LogP contribution < -0.4 is 0 Å². The van der Waals surface area contributed by atoms with E-state index < -0.39 is 16.9 Å². The van der Waals surface area contributed by atoms with Gasteiger partial charge in [-0.25, -0.2) is 0 Å². The van der Waals surface area contributed by atoms with E-state index in [1.165, 1.54) is 0 Å². The lowest BCUT2D eigenvalue weighted by Crippen LogP contribution is -2.53. The van der Waals surface area contributed by atoms with Gasteiger partial charge in [0, 0.05) is 19.1 Å². The zero-order valence-electron chi connectivity index (χ0n) is 16.6. The molecule has 152 valence electrons. The van der Waals surface area contributed by atoms with Crippen LogP contribution in [0.3, 0.4) is 0 Å². The van der Waals surface area contributed by atoms with Crippen LogP contribution in [0, 0.1) is 17.3 Å². The van der Waals surface area contributed by atoms with Gasteiger partial charge in [0.05, 0.1) is 24.9 Å². The maximum absolute atomic E-state index is 13.4. The number of piperidine rings is 1. The first kappa shape index (κ1) is 19.4. The second-order valence-electron chi connectivity index (χ2n) is 8.42. The third kappa shape index (κ3) is 2.69. The van der Waals surface area contributed by atoms with Crippen molar-refractivity contribution in [2.24, 2.45) is 17.3 Å². The Balaban J connectivity index is 1.65. The van der Waals surface area contributed by atoms with Crippen molar-refractivity contribution in [3.05, 3.63) is 35.9 Å². The van der Waals surface area contributed by atoms with Crippen molar-refractivity contribution < 1.29 is 24.2 Å². The highest BCUT2D eigenvalue weighted by Gasteiger charge is 2.85. The quantitative estimate of drug-likeness (QED) is 0.728. The molecule has 6 heteroatoms. The number of rotatable bonds is 7. The van der Waals surface area contributed by atoms with Crippen LogP contribution in [0.5, 0.6) is 0 Å². The summed E-state index contributed by atoms with van der Waals surface area (Å²) in [6.07, 6.45) is 2.59. The van der Waals surface area contributed by atoms with Crippen LogP contribution in [-0.2, 0) is 25.6 Å². The van der Waals surface area contributed by atoms with Gasteiger partial charge in [-0.05, 0) is 30.7 Å². The zero-order chi connectivity index (χ0) is 19.9. The van der Waals surface area contributed by atoms with E-state index in [1.54, 1.807) is 4.90 Å². The molecule has 5 atom stereocenters. The Morgan fingerprint density at radius 3 is 2.71 bits per heavy atom. The Labute approximate surface area is 165 Å². The molecule has 2 aliphatic heterocycles. The van der Waals surface area contributed by atoms with Gasteiger partial charge in [-0.15, -0.1) is 0 Å². The van der Waals surface area contributed by atoms with Crippen LogP contribution in [-0.4, -0.2) is 53.3 Å². The van der Waals surface area contributed by atoms with Gasteiger partial charge in [-0.1, -0.05) is 44.2 Å². The summed E-state index contributed by atoms with van der Waals surface area (Å²) in [6, 6.07) is 9.77. The van der Waals surface area contributed by atoms with E-state index in [2.05, 4.69) is 0 Å². The van der Waals surface area contributed by atoms with Crippen molar-refractivity contribution in [3.8, 4) is 0 Å². The van der Waals surface area contributed by atoms with Crippen LogP contribution in [0.4, 0.5) is 0 Å². The molecular weight excluding hydrogens is 358 g/mol. The maximum Gasteiger partial charge on any atom is 0.319 e. The van der Waals surface area contributed by atoms with Gasteiger partial charge in [-0.2, -0.15) is 0 Å². The molecule has 1 aromatic carbocycles. The molecule has 0 bridgehead atoms. The average molecular weight is 387 g/mol. The number of carboxylic acid groups (broad SMARTS) is 1. The molecule has 2 saturated heterocycles. The van der Waals surface area contributed by atoms with Gasteiger partial charge in [-0.3, -0.25) is 9.59 Å². The molecule has 2 heterocycles. The molecule has 1 N–H and O–H groups in total. The van der Waals surface area contributed by atoms with Crippen molar-refractivity contribution in [3.63, 3.8) is 0 Å². The third-order valence-corrected chi connectivity index (χ3v) is 7.15. The van der Waals surface area contributed by atoms with Crippen molar-refractivity contribution in [1.82, 2.24) is 4.90 Å². The number of fused-ring (bicyclic) bond motifs is 1. The van der Waals surface area contributed by atoms with Gasteiger partial charge < -0.3 is 19.5 Å². The molecule has 3 aliphatic rings. The molecule has 6 nitrogen and oxygen atoms in total. The monoisotopic (exact) mass is 387 g/mol. The smallest absolute Gasteiger partial charge is 0.319 e. The van der Waals surface area contributed by atoms with Crippen LogP contribution in [0.2, 0.25) is 0 Å². The fraction of sp³-hybridized carbons (Fsp3) is 0.636. The van der Waals surface area contributed by atoms with Crippen LogP contribution in [0.1, 0.15) is 38.7 Å². The first-order valence-electron chi connectivity index (χ1n) is 10.3. The summed E-state index contributed by atoms with van der Waals surface area (Å²) in [5.74, 6) is -1.64. The number of likely N-dealkylation sites (tertiary alicyclic amines) is 1. The minimum Gasteiger partial charge on any atom is -0.480 e. The van der Waals surface area contributed by atoms with Gasteiger partial charge >= 0.3 is 5.97 Å². The number of amides is 1. The molecule has 0 aromatic heterocycles. The predicted octanol–water partition coefficient (Wildman–Crippen LogP) is 2.71. The molecule has 3 fully saturated rings. The second kappa shape index (κ2) is 7.16. The first-order valence-corrected chi connectivity index (χ1v) is 10.3. The minimum absolute atomic E-state index is 0.0136. The number of ether oxygens (including phenoxy) is 2. The lowest BCUT2D eigenvalue weighted by molar-refractivity contribution is -0.154. The summed E-state index contributed by atoms with van der Waals surface area (Å²) in [5.41, 5.74) is -0.886. The maximum atomic E-state index is 13.4. The van der Waals surface area contributed by atoms with E-state index in [4.69, 9.17) is 9.47 Å². The first-order chi connectivity index (χ1) is 13.5. The SMILES string of the molecule is CCC1(COC2CCCOC2)C2C(C)C2(C(=O)O)C(=O)N1Cc1ccccc1. The van der Waals surface area contributed by atoms with E-state index in [0.717, 1.165) is 25.0 Å². The van der Waals surface area contributed by atoms with E-state index in [-0.39, 0.29) is 23.8 Å². The largest absolute Gasteiger partial charge is 0.480 e. The standard InChI is InChI=1S/C22H29NO5/c1-3-21(14-28-17-10-7-11-27-13-17)18-15(2)22(18,20(25)26)19(24)23(21)12-16-8-5-4-6-9-16/h4-6,8-9,15,17-18H,3,7,10-14H2,1-2H3,(H,25,26). The number of nitrogens with zero attached hydrogens (tertiary/aromatic N) is 1. The Kier molecular flexibility index (Phi) is 4.96. The van der Waals surface area contributed by atoms with Crippen molar-refractivity contribution >= 4 is 11.9 Å². The highest BCUT2D eigenvalue weighted by Crippen LogP contribution is 2.71. The Bertz CT molecular complexity index is 747. The van der Waals surface area contributed by atoms with Gasteiger partial charge in [0.25, 0.3) is 0 Å². The minimum atomic E-state index is -1.29. The molecule has 28 heavy (non-hydrogen) atoms. The molecular formula is C22H29NO5. The molecule has 4 rings (SSSR count). The molecule has 0 spiro atoms. The van der Waals surface area contributed by atoms with Crippen LogP contribution in [0.25, 0.3) is 0 Å². The van der Waals surface area contributed by atoms with Gasteiger partial charge in [0.2, 0.25) is 5.91 Å². The molecule has 1 aromatic rings. The number of carboxylic acids is 1. The van der Waals surface area contributed by atoms with E-state index >= 15 is 0 Å². The number of hydrogen-bond acceptors (Lipinski definition) is 4. The number of benzene rings is 1. The lowest BCUT2D eigenvalue weighted by atomic mass is 9.88. The zero-order valence-corrected chi connectivity index (χ0v) is 16.6. The number of carbonyl (C=O) groups excluding carboxylic acids is 1. The topological polar surface area (TPSA) is 76.1 Å².